The van der Waals surface area contributed by atoms with Crippen LogP contribution in [0, 0.1) is 0 Å². The highest BCUT2D eigenvalue weighted by Gasteiger charge is 2.28. The molecule has 0 spiro atoms. The highest BCUT2D eigenvalue weighted by Crippen LogP contribution is 2.47. The van der Waals surface area contributed by atoms with Crippen molar-refractivity contribution < 1.29 is 37.9 Å². The number of hydrogen-bond donors (Lipinski definition) is 3. The Bertz CT molecular complexity index is 1120. The molecule has 0 fully saturated rings. The van der Waals surface area contributed by atoms with Crippen LogP contribution in [0.2, 0.25) is 0 Å². The molecule has 2 aromatic carbocycles. The summed E-state index contributed by atoms with van der Waals surface area (Å²) in [7, 11) is -3.14. The van der Waals surface area contributed by atoms with Gasteiger partial charge >= 0.3 is 13.8 Å². The molecule has 2 aromatic rings. The van der Waals surface area contributed by atoms with Crippen LogP contribution in [0.3, 0.4) is 0 Å². The Kier molecular flexibility index (Phi) is 17.6. The van der Waals surface area contributed by atoms with Gasteiger partial charge in [-0.1, -0.05) is 89.7 Å². The summed E-state index contributed by atoms with van der Waals surface area (Å²) >= 11 is 1.48. The first-order chi connectivity index (χ1) is 20.7. The SMILES string of the molecule is CCCCCCCCCCCCCCOc1ccc(OP(=O)(O)Oc2ccc(C(CSC)C(N)C(=O)O)cc2)c(OC)c1. The van der Waals surface area contributed by atoms with Crippen LogP contribution in [0.15, 0.2) is 42.5 Å². The lowest BCUT2D eigenvalue weighted by Gasteiger charge is -2.21. The van der Waals surface area contributed by atoms with E-state index in [1.807, 2.05) is 6.26 Å². The van der Waals surface area contributed by atoms with Crippen LogP contribution in [0.25, 0.3) is 0 Å². The van der Waals surface area contributed by atoms with E-state index in [-0.39, 0.29) is 17.2 Å². The summed E-state index contributed by atoms with van der Waals surface area (Å²) in [6.07, 6.45) is 17.2. The number of phosphoric acid groups is 1. The maximum Gasteiger partial charge on any atom is 0.585 e. The Morgan fingerprint density at radius 3 is 1.95 bits per heavy atom. The molecule has 2 rings (SSSR count). The monoisotopic (exact) mass is 639 g/mol. The lowest BCUT2D eigenvalue weighted by molar-refractivity contribution is -0.138. The number of aliphatic carboxylic acids is 1. The number of phosphoric ester groups is 1. The van der Waals surface area contributed by atoms with E-state index < -0.39 is 25.8 Å². The zero-order valence-electron chi connectivity index (χ0n) is 25.9. The van der Waals surface area contributed by atoms with Crippen molar-refractivity contribution in [3.05, 3.63) is 48.0 Å². The minimum atomic E-state index is -4.57. The van der Waals surface area contributed by atoms with Gasteiger partial charge in [0.25, 0.3) is 0 Å². The van der Waals surface area contributed by atoms with Crippen LogP contribution >= 0.6 is 19.6 Å². The zero-order valence-corrected chi connectivity index (χ0v) is 27.6. The Hall–Kier alpha value is -2.39. The second-order valence-corrected chi connectivity index (χ2v) is 12.9. The number of nitrogens with two attached hydrogens (primary N) is 1. The van der Waals surface area contributed by atoms with E-state index in [0.29, 0.717) is 23.7 Å². The van der Waals surface area contributed by atoms with Gasteiger partial charge < -0.3 is 29.4 Å². The molecule has 3 unspecified atom stereocenters. The molecule has 0 saturated heterocycles. The summed E-state index contributed by atoms with van der Waals surface area (Å²) in [6.45, 7) is 2.83. The lowest BCUT2D eigenvalue weighted by Crippen LogP contribution is -2.37. The van der Waals surface area contributed by atoms with Gasteiger partial charge in [0, 0.05) is 17.7 Å². The first-order valence-electron chi connectivity index (χ1n) is 15.3. The fraction of sp³-hybridized carbons (Fsp3) is 0.594. The van der Waals surface area contributed by atoms with Crippen molar-refractivity contribution in [2.75, 3.05) is 25.7 Å². The van der Waals surface area contributed by atoms with Gasteiger partial charge in [0.1, 0.15) is 17.5 Å². The molecule has 3 atom stereocenters. The van der Waals surface area contributed by atoms with E-state index in [4.69, 9.17) is 24.3 Å². The number of ether oxygens (including phenoxy) is 2. The van der Waals surface area contributed by atoms with Crippen LogP contribution in [0.5, 0.6) is 23.0 Å². The van der Waals surface area contributed by atoms with Gasteiger partial charge in [0.15, 0.2) is 11.5 Å². The first kappa shape index (κ1) is 36.8. The predicted octanol–water partition coefficient (Wildman–Crippen LogP) is 8.19. The molecule has 0 heterocycles. The van der Waals surface area contributed by atoms with Crippen LogP contribution in [-0.4, -0.2) is 47.7 Å². The van der Waals surface area contributed by atoms with Crippen molar-refractivity contribution in [2.24, 2.45) is 5.73 Å². The normalized spacial score (nSPS) is 14.0. The first-order valence-corrected chi connectivity index (χ1v) is 18.2. The van der Waals surface area contributed by atoms with Gasteiger partial charge in [-0.3, -0.25) is 9.69 Å². The van der Waals surface area contributed by atoms with E-state index in [2.05, 4.69) is 6.92 Å². The zero-order chi connectivity index (χ0) is 31.5. The number of methoxy groups -OCH3 is 1. The fourth-order valence-corrected chi connectivity index (χ4v) is 6.34. The topological polar surface area (TPSA) is 138 Å². The van der Waals surface area contributed by atoms with Crippen molar-refractivity contribution >= 4 is 25.6 Å². The summed E-state index contributed by atoms with van der Waals surface area (Å²) in [5.41, 5.74) is 6.54. The van der Waals surface area contributed by atoms with E-state index in [0.717, 1.165) is 12.8 Å². The number of hydrogen-bond acceptors (Lipinski definition) is 8. The standard InChI is InChI=1S/C32H50NO8PS/c1-4-5-6-7-8-9-10-11-12-13-14-15-22-39-27-20-21-29(30(23-27)38-2)41-42(36,37)40-26-18-16-25(17-19-26)28(24-43-3)31(33)32(34)35/h16-21,23,28,31H,4-15,22,24,33H2,1-3H3,(H,34,35)(H,36,37). The molecule has 242 valence electrons. The van der Waals surface area contributed by atoms with Gasteiger partial charge in [-0.15, -0.1) is 0 Å². The lowest BCUT2D eigenvalue weighted by atomic mass is 9.94. The van der Waals surface area contributed by atoms with Crippen molar-refractivity contribution in [3.63, 3.8) is 0 Å². The van der Waals surface area contributed by atoms with Crippen molar-refractivity contribution in [3.8, 4) is 23.0 Å². The van der Waals surface area contributed by atoms with Gasteiger partial charge in [-0.05, 0) is 42.5 Å². The minimum absolute atomic E-state index is 0.0372. The summed E-state index contributed by atoms with van der Waals surface area (Å²) in [5.74, 6) is -0.0729. The summed E-state index contributed by atoms with van der Waals surface area (Å²) in [6, 6.07) is 9.92. The maximum atomic E-state index is 12.8. The number of carbonyl (C=O) groups is 1. The fourth-order valence-electron chi connectivity index (χ4n) is 4.76. The molecular formula is C32H50NO8PS. The largest absolute Gasteiger partial charge is 0.585 e. The van der Waals surface area contributed by atoms with Crippen molar-refractivity contribution in [2.45, 2.75) is 95.9 Å². The highest BCUT2D eigenvalue weighted by molar-refractivity contribution is 7.98. The van der Waals surface area contributed by atoms with E-state index in [9.17, 15) is 19.4 Å². The Labute approximate surface area is 261 Å². The smallest absolute Gasteiger partial charge is 0.493 e. The molecule has 0 aliphatic carbocycles. The molecule has 11 heteroatoms. The second kappa shape index (κ2) is 20.5. The molecule has 4 N–H and O–H groups in total. The van der Waals surface area contributed by atoms with Gasteiger partial charge in [0.05, 0.1) is 13.7 Å². The highest BCUT2D eigenvalue weighted by atomic mass is 32.2. The summed E-state index contributed by atoms with van der Waals surface area (Å²) in [5, 5.41) is 9.31. The van der Waals surface area contributed by atoms with E-state index in [1.54, 1.807) is 24.3 Å². The van der Waals surface area contributed by atoms with Gasteiger partial charge in [-0.25, -0.2) is 4.57 Å². The average Bonchev–Trinajstić information content (AvgIpc) is 2.98. The van der Waals surface area contributed by atoms with Crippen molar-refractivity contribution in [1.29, 1.82) is 0 Å². The molecular weight excluding hydrogens is 589 g/mol. The number of benzene rings is 2. The molecule has 0 amide bonds. The number of thioether (sulfide) groups is 1. The Morgan fingerprint density at radius 2 is 1.42 bits per heavy atom. The number of unbranched alkanes of at least 4 members (excludes halogenated alkanes) is 11. The predicted molar refractivity (Wildman–Crippen MR) is 174 cm³/mol. The molecule has 0 radical (unpaired) electrons. The molecule has 9 nitrogen and oxygen atoms in total. The third kappa shape index (κ3) is 14.3. The van der Waals surface area contributed by atoms with Crippen LogP contribution < -0.4 is 24.3 Å². The molecule has 0 saturated carbocycles. The number of carboxylic acid groups (broad SMARTS) is 1. The van der Waals surface area contributed by atoms with Crippen LogP contribution in [0.4, 0.5) is 0 Å². The Balaban J connectivity index is 1.79. The van der Waals surface area contributed by atoms with Gasteiger partial charge in [-0.2, -0.15) is 11.8 Å². The third-order valence-electron chi connectivity index (χ3n) is 7.21. The van der Waals surface area contributed by atoms with Gasteiger partial charge in [0.2, 0.25) is 0 Å². The molecule has 0 bridgehead atoms. The van der Waals surface area contributed by atoms with E-state index >= 15 is 0 Å². The average molecular weight is 640 g/mol. The van der Waals surface area contributed by atoms with Crippen molar-refractivity contribution in [1.82, 2.24) is 0 Å². The number of rotatable bonds is 24. The Morgan fingerprint density at radius 1 is 0.860 bits per heavy atom. The quantitative estimate of drug-likeness (QED) is 0.0761. The molecule has 43 heavy (non-hydrogen) atoms. The molecule has 0 aromatic heterocycles. The van der Waals surface area contributed by atoms with Crippen LogP contribution in [0.1, 0.15) is 95.5 Å². The minimum Gasteiger partial charge on any atom is -0.493 e. The van der Waals surface area contributed by atoms with E-state index in [1.165, 1.54) is 101 Å². The second-order valence-electron chi connectivity index (χ2n) is 10.7. The maximum absolute atomic E-state index is 12.8. The third-order valence-corrected chi connectivity index (χ3v) is 8.77. The molecule has 0 aliphatic rings. The summed E-state index contributed by atoms with van der Waals surface area (Å²) < 4.78 is 34.5. The van der Waals surface area contributed by atoms with Crippen LogP contribution in [-0.2, 0) is 9.36 Å². The summed E-state index contributed by atoms with van der Waals surface area (Å²) in [4.78, 5) is 21.8. The molecule has 0 aliphatic heterocycles. The number of carboxylic acids is 1.